The molecule has 0 spiro atoms. The first-order valence-electron chi connectivity index (χ1n) is 3.99. The van der Waals surface area contributed by atoms with Crippen LogP contribution in [0.25, 0.3) is 0 Å². The zero-order valence-electron chi connectivity index (χ0n) is 8.01. The lowest BCUT2D eigenvalue weighted by Gasteiger charge is -2.28. The van der Waals surface area contributed by atoms with Crippen molar-refractivity contribution in [3.8, 4) is 0 Å². The van der Waals surface area contributed by atoms with E-state index in [4.69, 9.17) is 15.5 Å². The molecule has 80 valence electrons. The predicted molar refractivity (Wildman–Crippen MR) is 48.6 cm³/mol. The predicted octanol–water partition coefficient (Wildman–Crippen LogP) is -0.522. The maximum absolute atomic E-state index is 10.4. The molecule has 0 atom stereocenters. The van der Waals surface area contributed by atoms with Gasteiger partial charge in [-0.3, -0.25) is 0 Å². The minimum Gasteiger partial charge on any atom is -0.330 e. The molecule has 0 heterocycles. The molecule has 6 nitrogen and oxygen atoms in total. The normalized spacial score (nSPS) is 13.3. The second kappa shape index (κ2) is 5.05. The SMILES string of the molecule is C[N+](C)(CCCN)COP(=O)(O)O. The van der Waals surface area contributed by atoms with Crippen LogP contribution < -0.4 is 5.73 Å². The molecule has 0 fully saturated rings. The number of nitrogens with two attached hydrogens (primary N) is 1. The third-order valence-electron chi connectivity index (χ3n) is 1.54. The summed E-state index contributed by atoms with van der Waals surface area (Å²) in [6.45, 7) is 1.29. The van der Waals surface area contributed by atoms with Gasteiger partial charge in [-0.2, -0.15) is 0 Å². The van der Waals surface area contributed by atoms with E-state index in [1.807, 2.05) is 14.1 Å². The van der Waals surface area contributed by atoms with Gasteiger partial charge in [0.25, 0.3) is 0 Å². The number of rotatable bonds is 6. The van der Waals surface area contributed by atoms with Crippen molar-refractivity contribution in [1.82, 2.24) is 0 Å². The van der Waals surface area contributed by atoms with Crippen LogP contribution in [-0.2, 0) is 9.09 Å². The minimum absolute atomic E-state index is 0.00965. The Morgan fingerprint density at radius 1 is 1.46 bits per heavy atom. The standard InChI is InChI=1S/C6H17N2O4P/c1-8(2,5-3-4-7)6-12-13(9,10)11/h3-7H2,1-2H3,(H-,9,10,11)/p+1. The van der Waals surface area contributed by atoms with Gasteiger partial charge in [-0.1, -0.05) is 0 Å². The van der Waals surface area contributed by atoms with E-state index in [0.29, 0.717) is 11.0 Å². The van der Waals surface area contributed by atoms with Crippen molar-refractivity contribution in [2.75, 3.05) is 33.9 Å². The van der Waals surface area contributed by atoms with Gasteiger partial charge in [-0.25, -0.2) is 9.09 Å². The van der Waals surface area contributed by atoms with Crippen molar-refractivity contribution in [3.05, 3.63) is 0 Å². The molecule has 0 unspecified atom stereocenters. The monoisotopic (exact) mass is 213 g/mol. The van der Waals surface area contributed by atoms with E-state index < -0.39 is 7.82 Å². The number of hydrogen-bond acceptors (Lipinski definition) is 3. The zero-order valence-corrected chi connectivity index (χ0v) is 8.91. The van der Waals surface area contributed by atoms with Crippen LogP contribution in [0.1, 0.15) is 6.42 Å². The average Bonchev–Trinajstić information content (AvgIpc) is 1.97. The first kappa shape index (κ1) is 13.0. The maximum Gasteiger partial charge on any atom is 0.474 e. The summed E-state index contributed by atoms with van der Waals surface area (Å²) in [5, 5.41) is 0. The van der Waals surface area contributed by atoms with Crippen LogP contribution in [0.3, 0.4) is 0 Å². The Morgan fingerprint density at radius 3 is 2.38 bits per heavy atom. The van der Waals surface area contributed by atoms with Crippen LogP contribution in [-0.4, -0.2) is 48.2 Å². The van der Waals surface area contributed by atoms with Gasteiger partial charge in [0.05, 0.1) is 20.6 Å². The Kier molecular flexibility index (Phi) is 5.06. The Balaban J connectivity index is 3.82. The van der Waals surface area contributed by atoms with E-state index in [1.54, 1.807) is 0 Å². The highest BCUT2D eigenvalue weighted by atomic mass is 31.2. The topological polar surface area (TPSA) is 92.8 Å². The summed E-state index contributed by atoms with van der Waals surface area (Å²) in [4.78, 5) is 16.9. The number of phosphoric acid groups is 1. The van der Waals surface area contributed by atoms with E-state index in [2.05, 4.69) is 4.52 Å². The summed E-state index contributed by atoms with van der Waals surface area (Å²) in [7, 11) is -0.692. The summed E-state index contributed by atoms with van der Waals surface area (Å²) in [5.74, 6) is 0. The molecular formula is C6H18N2O4P+. The first-order valence-corrected chi connectivity index (χ1v) is 5.52. The molecule has 0 aromatic carbocycles. The van der Waals surface area contributed by atoms with Gasteiger partial charge in [-0.05, 0) is 6.54 Å². The highest BCUT2D eigenvalue weighted by Gasteiger charge is 2.21. The lowest BCUT2D eigenvalue weighted by atomic mass is 10.4. The van der Waals surface area contributed by atoms with Crippen LogP contribution in [0, 0.1) is 0 Å². The van der Waals surface area contributed by atoms with Crippen molar-refractivity contribution in [2.24, 2.45) is 5.73 Å². The van der Waals surface area contributed by atoms with Crippen molar-refractivity contribution < 1.29 is 23.4 Å². The second-order valence-corrected chi connectivity index (χ2v) is 4.79. The zero-order chi connectivity index (χ0) is 10.5. The summed E-state index contributed by atoms with van der Waals surface area (Å²) >= 11 is 0. The third kappa shape index (κ3) is 8.36. The first-order chi connectivity index (χ1) is 5.77. The molecule has 0 aromatic rings. The summed E-state index contributed by atoms with van der Waals surface area (Å²) in [6, 6.07) is 0. The molecule has 0 aromatic heterocycles. The molecule has 0 rings (SSSR count). The molecule has 0 saturated heterocycles. The molecule has 0 aliphatic rings. The Bertz CT molecular complexity index is 191. The highest BCUT2D eigenvalue weighted by Crippen LogP contribution is 2.36. The fourth-order valence-electron chi connectivity index (χ4n) is 0.815. The van der Waals surface area contributed by atoms with E-state index >= 15 is 0 Å². The third-order valence-corrected chi connectivity index (χ3v) is 1.99. The fourth-order valence-corrected chi connectivity index (χ4v) is 1.28. The van der Waals surface area contributed by atoms with Crippen molar-refractivity contribution in [1.29, 1.82) is 0 Å². The molecule has 0 amide bonds. The summed E-state index contributed by atoms with van der Waals surface area (Å²) < 4.78 is 15.2. The summed E-state index contributed by atoms with van der Waals surface area (Å²) in [5.41, 5.74) is 5.31. The molecule has 0 radical (unpaired) electrons. The maximum atomic E-state index is 10.4. The van der Waals surface area contributed by atoms with Gasteiger partial charge < -0.3 is 20.0 Å². The molecule has 0 aliphatic carbocycles. The van der Waals surface area contributed by atoms with Gasteiger partial charge in [0.2, 0.25) is 0 Å². The van der Waals surface area contributed by atoms with Gasteiger partial charge in [-0.15, -0.1) is 0 Å². The minimum atomic E-state index is -4.34. The molecule has 13 heavy (non-hydrogen) atoms. The Hall–Kier alpha value is 0.0300. The Labute approximate surface area is 78.1 Å². The molecule has 0 bridgehead atoms. The molecule has 0 saturated carbocycles. The van der Waals surface area contributed by atoms with Crippen molar-refractivity contribution in [2.45, 2.75) is 6.42 Å². The summed E-state index contributed by atoms with van der Waals surface area (Å²) in [6.07, 6.45) is 0.803. The number of quaternary nitrogens is 1. The van der Waals surface area contributed by atoms with Gasteiger partial charge >= 0.3 is 7.82 Å². The van der Waals surface area contributed by atoms with Crippen LogP contribution in [0.5, 0.6) is 0 Å². The second-order valence-electron chi connectivity index (χ2n) is 3.55. The lowest BCUT2D eigenvalue weighted by molar-refractivity contribution is -0.906. The van der Waals surface area contributed by atoms with E-state index in [9.17, 15) is 4.57 Å². The molecular weight excluding hydrogens is 195 g/mol. The highest BCUT2D eigenvalue weighted by molar-refractivity contribution is 7.46. The van der Waals surface area contributed by atoms with E-state index in [0.717, 1.165) is 13.0 Å². The number of phosphoric ester groups is 1. The van der Waals surface area contributed by atoms with Gasteiger partial charge in [0, 0.05) is 6.42 Å². The number of hydrogen-bond donors (Lipinski definition) is 3. The van der Waals surface area contributed by atoms with Crippen LogP contribution in [0.4, 0.5) is 0 Å². The van der Waals surface area contributed by atoms with Crippen LogP contribution in [0.2, 0.25) is 0 Å². The number of nitrogens with zero attached hydrogens (tertiary/aromatic N) is 1. The average molecular weight is 213 g/mol. The van der Waals surface area contributed by atoms with E-state index in [1.165, 1.54) is 0 Å². The van der Waals surface area contributed by atoms with Crippen molar-refractivity contribution >= 4 is 7.82 Å². The van der Waals surface area contributed by atoms with Gasteiger partial charge in [0.1, 0.15) is 0 Å². The van der Waals surface area contributed by atoms with Gasteiger partial charge in [0.15, 0.2) is 6.73 Å². The molecule has 0 aliphatic heterocycles. The largest absolute Gasteiger partial charge is 0.474 e. The Morgan fingerprint density at radius 2 is 2.00 bits per heavy atom. The molecule has 7 heteroatoms. The quantitative estimate of drug-likeness (QED) is 0.313. The van der Waals surface area contributed by atoms with Crippen LogP contribution in [0.15, 0.2) is 0 Å². The lowest BCUT2D eigenvalue weighted by Crippen LogP contribution is -2.42. The van der Waals surface area contributed by atoms with Crippen LogP contribution >= 0.6 is 7.82 Å². The van der Waals surface area contributed by atoms with Crippen molar-refractivity contribution in [3.63, 3.8) is 0 Å². The fraction of sp³-hybridized carbons (Fsp3) is 1.00. The molecule has 4 N–H and O–H groups in total. The smallest absolute Gasteiger partial charge is 0.330 e. The van der Waals surface area contributed by atoms with E-state index in [-0.39, 0.29) is 6.73 Å².